The number of hydrogen-bond acceptors (Lipinski definition) is 3. The molecule has 0 aliphatic carbocycles. The topological polar surface area (TPSA) is 42.2 Å². The molecule has 0 aromatic carbocycles. The van der Waals surface area contributed by atoms with E-state index in [9.17, 15) is 0 Å². The molecule has 14 heavy (non-hydrogen) atoms. The van der Waals surface area contributed by atoms with Gasteiger partial charge in [-0.25, -0.2) is 0 Å². The predicted molar refractivity (Wildman–Crippen MR) is 59.9 cm³/mol. The summed E-state index contributed by atoms with van der Waals surface area (Å²) in [5.74, 6) is 0. The average molecular weight is 193 g/mol. The molecular weight excluding hydrogens is 174 g/mol. The van der Waals surface area contributed by atoms with Crippen molar-refractivity contribution in [3.63, 3.8) is 0 Å². The summed E-state index contributed by atoms with van der Waals surface area (Å²) in [4.78, 5) is 6.53. The first-order chi connectivity index (χ1) is 6.65. The summed E-state index contributed by atoms with van der Waals surface area (Å²) in [6.07, 6.45) is 2.93. The maximum atomic E-state index is 5.82. The van der Waals surface area contributed by atoms with Crippen LogP contribution in [0.5, 0.6) is 0 Å². The molecule has 1 aromatic heterocycles. The molecule has 0 saturated heterocycles. The highest BCUT2D eigenvalue weighted by molar-refractivity contribution is 5.41. The minimum absolute atomic E-state index is 0.566. The van der Waals surface area contributed by atoms with Gasteiger partial charge in [-0.2, -0.15) is 0 Å². The predicted octanol–water partition coefficient (Wildman–Crippen LogP) is 1.89. The van der Waals surface area contributed by atoms with E-state index in [1.54, 1.807) is 6.20 Å². The van der Waals surface area contributed by atoms with Crippen molar-refractivity contribution < 1.29 is 0 Å². The largest absolute Gasteiger partial charge is 0.397 e. The van der Waals surface area contributed by atoms with E-state index in [2.05, 4.69) is 30.8 Å². The van der Waals surface area contributed by atoms with Gasteiger partial charge >= 0.3 is 0 Å². The van der Waals surface area contributed by atoms with E-state index in [0.717, 1.165) is 24.3 Å². The van der Waals surface area contributed by atoms with Gasteiger partial charge in [-0.3, -0.25) is 9.88 Å². The summed E-state index contributed by atoms with van der Waals surface area (Å²) in [7, 11) is 2.10. The summed E-state index contributed by atoms with van der Waals surface area (Å²) in [6.45, 7) is 5.21. The first-order valence-corrected chi connectivity index (χ1v) is 5.04. The number of pyridine rings is 1. The molecule has 3 heteroatoms. The highest BCUT2D eigenvalue weighted by atomic mass is 15.1. The number of nitrogens with zero attached hydrogens (tertiary/aromatic N) is 2. The number of anilines is 1. The smallest absolute Gasteiger partial charge is 0.0772 e. The van der Waals surface area contributed by atoms with E-state index in [1.165, 1.54) is 0 Å². The molecule has 78 valence electrons. The van der Waals surface area contributed by atoms with Crippen LogP contribution in [0.4, 0.5) is 5.69 Å². The van der Waals surface area contributed by atoms with Crippen molar-refractivity contribution >= 4 is 5.69 Å². The first kappa shape index (κ1) is 11.0. The Kier molecular flexibility index (Phi) is 3.89. The molecule has 0 fully saturated rings. The van der Waals surface area contributed by atoms with E-state index in [0.29, 0.717) is 6.04 Å². The summed E-state index contributed by atoms with van der Waals surface area (Å²) >= 11 is 0. The zero-order chi connectivity index (χ0) is 10.6. The molecular formula is C11H19N3. The highest BCUT2D eigenvalue weighted by Gasteiger charge is 2.09. The van der Waals surface area contributed by atoms with Crippen molar-refractivity contribution in [1.82, 2.24) is 9.88 Å². The molecule has 0 amide bonds. The fourth-order valence-corrected chi connectivity index (χ4v) is 1.29. The molecule has 1 heterocycles. The number of hydrogen-bond donors (Lipinski definition) is 1. The second-order valence-corrected chi connectivity index (χ2v) is 3.71. The molecule has 0 radical (unpaired) electrons. The van der Waals surface area contributed by atoms with E-state index in [1.807, 2.05) is 12.1 Å². The fraction of sp³-hybridized carbons (Fsp3) is 0.545. The van der Waals surface area contributed by atoms with Gasteiger partial charge in [-0.15, -0.1) is 0 Å². The Balaban J connectivity index is 2.64. The Morgan fingerprint density at radius 3 is 2.86 bits per heavy atom. The van der Waals surface area contributed by atoms with Crippen LogP contribution in [0.3, 0.4) is 0 Å². The minimum atomic E-state index is 0.566. The van der Waals surface area contributed by atoms with Crippen molar-refractivity contribution in [2.75, 3.05) is 12.8 Å². The monoisotopic (exact) mass is 193 g/mol. The molecule has 1 aromatic rings. The molecule has 1 unspecified atom stereocenters. The van der Waals surface area contributed by atoms with Crippen molar-refractivity contribution in [2.45, 2.75) is 32.9 Å². The Hall–Kier alpha value is -1.09. The van der Waals surface area contributed by atoms with E-state index in [4.69, 9.17) is 5.73 Å². The van der Waals surface area contributed by atoms with Crippen LogP contribution in [0, 0.1) is 0 Å². The maximum Gasteiger partial charge on any atom is 0.0772 e. The van der Waals surface area contributed by atoms with Crippen LogP contribution in [0.25, 0.3) is 0 Å². The van der Waals surface area contributed by atoms with Gasteiger partial charge < -0.3 is 5.73 Å². The minimum Gasteiger partial charge on any atom is -0.397 e. The molecule has 2 N–H and O–H groups in total. The van der Waals surface area contributed by atoms with Gasteiger partial charge in [0.25, 0.3) is 0 Å². The van der Waals surface area contributed by atoms with Gasteiger partial charge in [0.05, 0.1) is 11.4 Å². The van der Waals surface area contributed by atoms with Crippen molar-refractivity contribution in [3.05, 3.63) is 24.0 Å². The van der Waals surface area contributed by atoms with E-state index >= 15 is 0 Å². The van der Waals surface area contributed by atoms with Crippen molar-refractivity contribution in [2.24, 2.45) is 0 Å². The van der Waals surface area contributed by atoms with Gasteiger partial charge in [-0.05, 0) is 32.5 Å². The Labute approximate surface area is 85.9 Å². The van der Waals surface area contributed by atoms with Crippen LogP contribution in [0.15, 0.2) is 18.3 Å². The molecule has 0 bridgehead atoms. The summed E-state index contributed by atoms with van der Waals surface area (Å²) in [5, 5.41) is 0. The van der Waals surface area contributed by atoms with Crippen LogP contribution in [0.1, 0.15) is 26.0 Å². The quantitative estimate of drug-likeness (QED) is 0.794. The van der Waals surface area contributed by atoms with E-state index in [-0.39, 0.29) is 0 Å². The number of nitrogens with two attached hydrogens (primary N) is 1. The third kappa shape index (κ3) is 2.70. The van der Waals surface area contributed by atoms with E-state index < -0.39 is 0 Å². The lowest BCUT2D eigenvalue weighted by Gasteiger charge is -2.23. The summed E-state index contributed by atoms with van der Waals surface area (Å²) in [5.41, 5.74) is 7.57. The van der Waals surface area contributed by atoms with Crippen LogP contribution in [-0.2, 0) is 6.54 Å². The molecule has 0 aliphatic heterocycles. The van der Waals surface area contributed by atoms with Gasteiger partial charge in [0.2, 0.25) is 0 Å². The van der Waals surface area contributed by atoms with Crippen molar-refractivity contribution in [1.29, 1.82) is 0 Å². The third-order valence-corrected chi connectivity index (χ3v) is 2.67. The standard InChI is InChI=1S/C11H19N3/c1-4-9(2)14(3)8-11-10(12)6-5-7-13-11/h5-7,9H,4,8,12H2,1-3H3. The number of rotatable bonds is 4. The van der Waals surface area contributed by atoms with Crippen LogP contribution in [0.2, 0.25) is 0 Å². The van der Waals surface area contributed by atoms with Crippen molar-refractivity contribution in [3.8, 4) is 0 Å². The summed E-state index contributed by atoms with van der Waals surface area (Å²) < 4.78 is 0. The van der Waals surface area contributed by atoms with Crippen LogP contribution >= 0.6 is 0 Å². The second kappa shape index (κ2) is 4.96. The van der Waals surface area contributed by atoms with Gasteiger partial charge in [-0.1, -0.05) is 6.92 Å². The fourth-order valence-electron chi connectivity index (χ4n) is 1.29. The summed E-state index contributed by atoms with van der Waals surface area (Å²) in [6, 6.07) is 4.32. The first-order valence-electron chi connectivity index (χ1n) is 5.04. The number of nitrogen functional groups attached to an aromatic ring is 1. The lowest BCUT2D eigenvalue weighted by Crippen LogP contribution is -2.28. The molecule has 3 nitrogen and oxygen atoms in total. The highest BCUT2D eigenvalue weighted by Crippen LogP contribution is 2.11. The SMILES string of the molecule is CCC(C)N(C)Cc1ncccc1N. The molecule has 0 aliphatic rings. The normalized spacial score (nSPS) is 13.1. The zero-order valence-corrected chi connectivity index (χ0v) is 9.20. The lowest BCUT2D eigenvalue weighted by atomic mass is 10.2. The molecule has 0 spiro atoms. The Bertz CT molecular complexity index is 286. The van der Waals surface area contributed by atoms with Gasteiger partial charge in [0.1, 0.15) is 0 Å². The van der Waals surface area contributed by atoms with Crippen LogP contribution in [-0.4, -0.2) is 23.0 Å². The van der Waals surface area contributed by atoms with Gasteiger partial charge in [0.15, 0.2) is 0 Å². The lowest BCUT2D eigenvalue weighted by molar-refractivity contribution is 0.241. The second-order valence-electron chi connectivity index (χ2n) is 3.71. The van der Waals surface area contributed by atoms with Crippen LogP contribution < -0.4 is 5.73 Å². The van der Waals surface area contributed by atoms with Gasteiger partial charge in [0, 0.05) is 18.8 Å². The molecule has 0 saturated carbocycles. The number of aromatic nitrogens is 1. The Morgan fingerprint density at radius 1 is 1.57 bits per heavy atom. The Morgan fingerprint density at radius 2 is 2.29 bits per heavy atom. The molecule has 1 rings (SSSR count). The maximum absolute atomic E-state index is 5.82. The average Bonchev–Trinajstić information content (AvgIpc) is 2.20. The zero-order valence-electron chi connectivity index (χ0n) is 9.20. The molecule has 1 atom stereocenters. The third-order valence-electron chi connectivity index (χ3n) is 2.67.